The quantitative estimate of drug-likeness (QED) is 0.890. The van der Waals surface area contributed by atoms with Gasteiger partial charge < -0.3 is 0 Å². The highest BCUT2D eigenvalue weighted by molar-refractivity contribution is 7.88. The van der Waals surface area contributed by atoms with Gasteiger partial charge in [-0.1, -0.05) is 35.9 Å². The lowest BCUT2D eigenvalue weighted by molar-refractivity contribution is 0.581. The highest BCUT2D eigenvalue weighted by Gasteiger charge is 2.11. The van der Waals surface area contributed by atoms with E-state index < -0.39 is 10.0 Å². The van der Waals surface area contributed by atoms with Crippen molar-refractivity contribution in [1.29, 1.82) is 0 Å². The Bertz CT molecular complexity index is 619. The van der Waals surface area contributed by atoms with Gasteiger partial charge in [-0.05, 0) is 30.4 Å². The smallest absolute Gasteiger partial charge is 0.215 e. The topological polar surface area (TPSA) is 46.2 Å². The monoisotopic (exact) mass is 295 g/mol. The number of rotatable bonds is 6. The summed E-state index contributed by atoms with van der Waals surface area (Å²) < 4.78 is 26.5. The van der Waals surface area contributed by atoms with Crippen molar-refractivity contribution in [1.82, 2.24) is 4.72 Å². The molecule has 0 saturated carbocycles. The van der Waals surface area contributed by atoms with E-state index in [-0.39, 0.29) is 5.75 Å². The van der Waals surface area contributed by atoms with Crippen molar-refractivity contribution in [3.8, 4) is 0 Å². The highest BCUT2D eigenvalue weighted by Crippen LogP contribution is 2.10. The molecule has 102 valence electrons. The molecule has 0 spiro atoms. The van der Waals surface area contributed by atoms with Crippen molar-refractivity contribution in [3.05, 3.63) is 57.8 Å². The Labute approximate surface area is 118 Å². The normalized spacial score (nSPS) is 11.6. The molecule has 2 aromatic rings. The minimum Gasteiger partial charge on any atom is -0.215 e. The second kappa shape index (κ2) is 6.32. The minimum absolute atomic E-state index is 0.0408. The molecule has 0 fully saturated rings. The van der Waals surface area contributed by atoms with Gasteiger partial charge in [-0.25, -0.2) is 13.1 Å². The summed E-state index contributed by atoms with van der Waals surface area (Å²) >= 11 is 1.64. The van der Waals surface area contributed by atoms with E-state index in [2.05, 4.69) is 4.72 Å². The molecular formula is C14H17NO2S2. The van der Waals surface area contributed by atoms with Crippen LogP contribution < -0.4 is 4.72 Å². The number of nitrogens with one attached hydrogen (secondary N) is 1. The van der Waals surface area contributed by atoms with Gasteiger partial charge in [-0.15, -0.1) is 11.3 Å². The first-order valence-electron chi connectivity index (χ1n) is 6.10. The summed E-state index contributed by atoms with van der Waals surface area (Å²) in [5, 5.41) is 2.00. The molecule has 19 heavy (non-hydrogen) atoms. The van der Waals surface area contributed by atoms with E-state index in [9.17, 15) is 8.42 Å². The summed E-state index contributed by atoms with van der Waals surface area (Å²) in [4.78, 5) is 1.19. The Kier molecular flexibility index (Phi) is 4.74. The van der Waals surface area contributed by atoms with Gasteiger partial charge in [0, 0.05) is 11.4 Å². The van der Waals surface area contributed by atoms with Crippen LogP contribution in [0.1, 0.15) is 16.0 Å². The van der Waals surface area contributed by atoms with E-state index in [1.54, 1.807) is 11.3 Å². The highest BCUT2D eigenvalue weighted by atomic mass is 32.2. The van der Waals surface area contributed by atoms with Crippen LogP contribution in [0.2, 0.25) is 0 Å². The lowest BCUT2D eigenvalue weighted by atomic mass is 10.2. The summed E-state index contributed by atoms with van der Waals surface area (Å²) in [6, 6.07) is 11.6. The number of thiophene rings is 1. The third kappa shape index (κ3) is 4.78. The first-order chi connectivity index (χ1) is 9.05. The molecule has 1 heterocycles. The van der Waals surface area contributed by atoms with Gasteiger partial charge in [0.1, 0.15) is 0 Å². The maximum absolute atomic E-state index is 11.9. The zero-order valence-corrected chi connectivity index (χ0v) is 12.4. The van der Waals surface area contributed by atoms with Gasteiger partial charge in [0.15, 0.2) is 0 Å². The van der Waals surface area contributed by atoms with Gasteiger partial charge in [-0.3, -0.25) is 0 Å². The largest absolute Gasteiger partial charge is 0.215 e. The van der Waals surface area contributed by atoms with Crippen molar-refractivity contribution in [2.75, 3.05) is 6.54 Å². The fourth-order valence-electron chi connectivity index (χ4n) is 1.86. The fraction of sp³-hybridized carbons (Fsp3) is 0.286. The average molecular weight is 295 g/mol. The van der Waals surface area contributed by atoms with Crippen molar-refractivity contribution in [2.24, 2.45) is 0 Å². The van der Waals surface area contributed by atoms with Gasteiger partial charge in [0.05, 0.1) is 5.75 Å². The SMILES string of the molecule is Cc1cccc(CS(=O)(=O)NCCc2cccs2)c1. The average Bonchev–Trinajstić information content (AvgIpc) is 2.81. The van der Waals surface area contributed by atoms with E-state index in [1.165, 1.54) is 4.88 Å². The number of hydrogen-bond donors (Lipinski definition) is 1. The molecule has 1 aromatic carbocycles. The van der Waals surface area contributed by atoms with E-state index in [0.29, 0.717) is 6.54 Å². The predicted molar refractivity (Wildman–Crippen MR) is 79.8 cm³/mol. The molecule has 0 unspecified atom stereocenters. The second-order valence-electron chi connectivity index (χ2n) is 4.47. The van der Waals surface area contributed by atoms with Crippen LogP contribution in [0.4, 0.5) is 0 Å². The van der Waals surface area contributed by atoms with E-state index in [1.807, 2.05) is 48.7 Å². The van der Waals surface area contributed by atoms with Crippen molar-refractivity contribution in [3.63, 3.8) is 0 Å². The number of aryl methyl sites for hydroxylation is 1. The van der Waals surface area contributed by atoms with Crippen molar-refractivity contribution >= 4 is 21.4 Å². The van der Waals surface area contributed by atoms with Gasteiger partial charge in [-0.2, -0.15) is 0 Å². The zero-order valence-electron chi connectivity index (χ0n) is 10.8. The standard InChI is InChI=1S/C14H17NO2S2/c1-12-4-2-5-13(10-12)11-19(16,17)15-8-7-14-6-3-9-18-14/h2-6,9-10,15H,7-8,11H2,1H3. The lowest BCUT2D eigenvalue weighted by Crippen LogP contribution is -2.27. The maximum atomic E-state index is 11.9. The molecule has 1 aromatic heterocycles. The maximum Gasteiger partial charge on any atom is 0.215 e. The van der Waals surface area contributed by atoms with Crippen LogP contribution >= 0.6 is 11.3 Å². The fourth-order valence-corrected chi connectivity index (χ4v) is 3.70. The zero-order chi connectivity index (χ0) is 13.7. The van der Waals surface area contributed by atoms with E-state index in [4.69, 9.17) is 0 Å². The third-order valence-corrected chi connectivity index (χ3v) is 5.01. The Morgan fingerprint density at radius 1 is 1.21 bits per heavy atom. The van der Waals surface area contributed by atoms with Gasteiger partial charge >= 0.3 is 0 Å². The number of hydrogen-bond acceptors (Lipinski definition) is 3. The van der Waals surface area contributed by atoms with E-state index in [0.717, 1.165) is 17.5 Å². The molecule has 0 aliphatic carbocycles. The van der Waals surface area contributed by atoms with Crippen LogP contribution in [0.5, 0.6) is 0 Å². The molecule has 0 saturated heterocycles. The molecule has 3 nitrogen and oxygen atoms in total. The summed E-state index contributed by atoms with van der Waals surface area (Å²) in [5.74, 6) is 0.0408. The van der Waals surface area contributed by atoms with Gasteiger partial charge in [0.25, 0.3) is 0 Å². The molecular weight excluding hydrogens is 278 g/mol. The Balaban J connectivity index is 1.88. The predicted octanol–water partition coefficient (Wildman–Crippen LogP) is 2.72. The molecule has 2 rings (SSSR count). The van der Waals surface area contributed by atoms with E-state index >= 15 is 0 Å². The molecule has 0 aliphatic rings. The molecule has 0 amide bonds. The van der Waals surface area contributed by atoms with Crippen LogP contribution in [0.15, 0.2) is 41.8 Å². The number of sulfonamides is 1. The summed E-state index contributed by atoms with van der Waals surface area (Å²) in [6.45, 7) is 2.41. The van der Waals surface area contributed by atoms with Crippen LogP contribution in [0.3, 0.4) is 0 Å². The molecule has 0 bridgehead atoms. The third-order valence-electron chi connectivity index (χ3n) is 2.71. The Morgan fingerprint density at radius 3 is 2.74 bits per heavy atom. The van der Waals surface area contributed by atoms with Crippen molar-refractivity contribution in [2.45, 2.75) is 19.1 Å². The first kappa shape index (κ1) is 14.2. The van der Waals surface area contributed by atoms with Crippen LogP contribution in [0.25, 0.3) is 0 Å². The minimum atomic E-state index is -3.25. The summed E-state index contributed by atoms with van der Waals surface area (Å²) in [5.41, 5.74) is 1.90. The van der Waals surface area contributed by atoms with Crippen LogP contribution in [0, 0.1) is 6.92 Å². The van der Waals surface area contributed by atoms with Crippen LogP contribution in [-0.4, -0.2) is 15.0 Å². The lowest BCUT2D eigenvalue weighted by Gasteiger charge is -2.06. The molecule has 0 radical (unpaired) electrons. The Hall–Kier alpha value is -1.17. The van der Waals surface area contributed by atoms with Crippen LogP contribution in [-0.2, 0) is 22.2 Å². The van der Waals surface area contributed by atoms with Crippen molar-refractivity contribution < 1.29 is 8.42 Å². The second-order valence-corrected chi connectivity index (χ2v) is 7.31. The molecule has 0 atom stereocenters. The molecule has 0 aliphatic heterocycles. The molecule has 1 N–H and O–H groups in total. The molecule has 5 heteroatoms. The summed E-state index contributed by atoms with van der Waals surface area (Å²) in [6.07, 6.45) is 0.741. The Morgan fingerprint density at radius 2 is 2.05 bits per heavy atom. The van der Waals surface area contributed by atoms with Gasteiger partial charge in [0.2, 0.25) is 10.0 Å². The summed E-state index contributed by atoms with van der Waals surface area (Å²) in [7, 11) is -3.25. The number of benzene rings is 1. The first-order valence-corrected chi connectivity index (χ1v) is 8.64.